The minimum atomic E-state index is -1.05. The van der Waals surface area contributed by atoms with E-state index in [2.05, 4.69) is 5.32 Å². The summed E-state index contributed by atoms with van der Waals surface area (Å²) in [7, 11) is 0. The molecule has 0 aliphatic heterocycles. The van der Waals surface area contributed by atoms with Crippen molar-refractivity contribution in [1.82, 2.24) is 5.32 Å². The van der Waals surface area contributed by atoms with Gasteiger partial charge in [0, 0.05) is 0 Å². The Kier molecular flexibility index (Phi) is 5.71. The Morgan fingerprint density at radius 3 is 2.39 bits per heavy atom. The third-order valence-corrected chi connectivity index (χ3v) is 3.33. The second kappa shape index (κ2) is 7.06. The first kappa shape index (κ1) is 14.6. The van der Waals surface area contributed by atoms with Gasteiger partial charge >= 0.3 is 5.97 Å². The predicted molar refractivity (Wildman–Crippen MR) is 72.6 cm³/mol. The van der Waals surface area contributed by atoms with Gasteiger partial charge in [0.2, 0.25) is 5.91 Å². The molecule has 98 valence electrons. The molecule has 0 spiro atoms. The Morgan fingerprint density at radius 1 is 1.28 bits per heavy atom. The number of carboxylic acids is 1. The van der Waals surface area contributed by atoms with Crippen LogP contribution >= 0.6 is 11.8 Å². The van der Waals surface area contributed by atoms with Gasteiger partial charge in [0.1, 0.15) is 0 Å². The van der Waals surface area contributed by atoms with E-state index in [-0.39, 0.29) is 11.7 Å². The number of amides is 1. The molecule has 5 heteroatoms. The van der Waals surface area contributed by atoms with Crippen LogP contribution in [0.2, 0.25) is 0 Å². The second-order valence-electron chi connectivity index (χ2n) is 4.11. The molecule has 0 saturated carbocycles. The van der Waals surface area contributed by atoms with E-state index >= 15 is 0 Å². The average molecular weight is 267 g/mol. The van der Waals surface area contributed by atoms with Crippen LogP contribution in [0.3, 0.4) is 0 Å². The Labute approximate surface area is 111 Å². The van der Waals surface area contributed by atoms with E-state index in [0.29, 0.717) is 10.8 Å². The molecular weight excluding hydrogens is 250 g/mol. The summed E-state index contributed by atoms with van der Waals surface area (Å²) in [6, 6.07) is 7.70. The van der Waals surface area contributed by atoms with Gasteiger partial charge in [-0.2, -0.15) is 0 Å². The fraction of sp³-hybridized carbons (Fsp3) is 0.385. The summed E-state index contributed by atoms with van der Waals surface area (Å²) in [5.41, 5.74) is 0.577. The van der Waals surface area contributed by atoms with E-state index in [1.54, 1.807) is 30.3 Å². The number of thioether (sulfide) groups is 1. The highest BCUT2D eigenvalue weighted by molar-refractivity contribution is 8.00. The highest BCUT2D eigenvalue weighted by atomic mass is 32.2. The number of carbonyl (C=O) groups is 2. The number of nitrogens with one attached hydrogen (secondary N) is 1. The van der Waals surface area contributed by atoms with Crippen LogP contribution in [0.4, 0.5) is 0 Å². The van der Waals surface area contributed by atoms with Gasteiger partial charge in [-0.15, -0.1) is 11.8 Å². The molecule has 1 aromatic rings. The molecule has 1 atom stereocenters. The van der Waals surface area contributed by atoms with E-state index in [9.17, 15) is 9.59 Å². The summed E-state index contributed by atoms with van der Waals surface area (Å²) >= 11 is 1.48. The summed E-state index contributed by atoms with van der Waals surface area (Å²) in [4.78, 5) is 22.8. The number of carbonyl (C=O) groups excluding carboxylic acids is 1. The van der Waals surface area contributed by atoms with E-state index in [0.717, 1.165) is 0 Å². The lowest BCUT2D eigenvalue weighted by molar-refractivity contribution is -0.141. The van der Waals surface area contributed by atoms with Crippen LogP contribution in [0.5, 0.6) is 0 Å². The molecule has 1 amide bonds. The van der Waals surface area contributed by atoms with Crippen LogP contribution in [-0.4, -0.2) is 28.0 Å². The van der Waals surface area contributed by atoms with Crippen molar-refractivity contribution >= 4 is 23.6 Å². The number of carboxylic acid groups (broad SMARTS) is 1. The van der Waals surface area contributed by atoms with Crippen molar-refractivity contribution in [1.29, 1.82) is 0 Å². The molecule has 0 bridgehead atoms. The van der Waals surface area contributed by atoms with Gasteiger partial charge in [0.15, 0.2) is 6.04 Å². The normalized spacial score (nSPS) is 12.2. The molecular formula is C13H17NO3S. The van der Waals surface area contributed by atoms with Gasteiger partial charge in [-0.3, -0.25) is 4.79 Å². The first-order valence-electron chi connectivity index (χ1n) is 5.69. The van der Waals surface area contributed by atoms with Gasteiger partial charge in [-0.05, 0) is 10.8 Å². The van der Waals surface area contributed by atoms with Crippen LogP contribution in [-0.2, 0) is 9.59 Å². The topological polar surface area (TPSA) is 66.4 Å². The Bertz CT molecular complexity index is 406. The lowest BCUT2D eigenvalue weighted by Gasteiger charge is -2.15. The van der Waals surface area contributed by atoms with E-state index in [1.807, 2.05) is 13.8 Å². The molecule has 0 saturated heterocycles. The van der Waals surface area contributed by atoms with Crippen LogP contribution in [0.1, 0.15) is 25.5 Å². The minimum absolute atomic E-state index is 0.259. The molecule has 2 N–H and O–H groups in total. The molecule has 4 nitrogen and oxygen atoms in total. The summed E-state index contributed by atoms with van der Waals surface area (Å²) < 4.78 is 0. The lowest BCUT2D eigenvalue weighted by atomic mass is 10.1. The quantitative estimate of drug-likeness (QED) is 0.828. The van der Waals surface area contributed by atoms with Crippen molar-refractivity contribution < 1.29 is 14.7 Å². The molecule has 0 radical (unpaired) electrons. The largest absolute Gasteiger partial charge is 0.479 e. The van der Waals surface area contributed by atoms with E-state index in [1.165, 1.54) is 11.8 Å². The van der Waals surface area contributed by atoms with Crippen LogP contribution < -0.4 is 5.32 Å². The minimum Gasteiger partial charge on any atom is -0.479 e. The molecule has 1 rings (SSSR count). The number of benzene rings is 1. The third-order valence-electron chi connectivity index (χ3n) is 2.23. The fourth-order valence-corrected chi connectivity index (χ4v) is 1.95. The number of aliphatic carboxylic acids is 1. The zero-order valence-electron chi connectivity index (χ0n) is 10.4. The molecule has 0 aromatic heterocycles. The maximum absolute atomic E-state index is 11.6. The molecule has 1 aromatic carbocycles. The molecule has 0 aliphatic rings. The molecule has 0 fully saturated rings. The molecule has 0 heterocycles. The van der Waals surface area contributed by atoms with Crippen molar-refractivity contribution in [2.75, 3.05) is 5.75 Å². The zero-order valence-corrected chi connectivity index (χ0v) is 11.2. The van der Waals surface area contributed by atoms with Gasteiger partial charge in [0.25, 0.3) is 0 Å². The standard InChI is InChI=1S/C13H17NO3S/c1-9(2)18-8-11(15)14-12(13(16)17)10-6-4-3-5-7-10/h3-7,9,12H,8H2,1-2H3,(H,14,15)(H,16,17). The van der Waals surface area contributed by atoms with Crippen molar-refractivity contribution in [2.24, 2.45) is 0 Å². The highest BCUT2D eigenvalue weighted by Crippen LogP contribution is 2.14. The maximum atomic E-state index is 11.6. The van der Waals surface area contributed by atoms with E-state index in [4.69, 9.17) is 5.11 Å². The molecule has 18 heavy (non-hydrogen) atoms. The average Bonchev–Trinajstić information content (AvgIpc) is 2.34. The van der Waals surface area contributed by atoms with Gasteiger partial charge in [-0.25, -0.2) is 4.79 Å². The Balaban J connectivity index is 2.65. The Morgan fingerprint density at radius 2 is 1.89 bits per heavy atom. The summed E-state index contributed by atoms with van der Waals surface area (Å²) in [5.74, 6) is -1.04. The third kappa shape index (κ3) is 4.79. The van der Waals surface area contributed by atoms with Crippen molar-refractivity contribution in [3.05, 3.63) is 35.9 Å². The molecule has 1 unspecified atom stereocenters. The molecule has 0 aliphatic carbocycles. The SMILES string of the molecule is CC(C)SCC(=O)NC(C(=O)O)c1ccccc1. The first-order valence-corrected chi connectivity index (χ1v) is 6.74. The monoisotopic (exact) mass is 267 g/mol. The fourth-order valence-electron chi connectivity index (χ4n) is 1.38. The number of hydrogen-bond donors (Lipinski definition) is 2. The smallest absolute Gasteiger partial charge is 0.330 e. The lowest BCUT2D eigenvalue weighted by Crippen LogP contribution is -2.35. The zero-order chi connectivity index (χ0) is 13.5. The van der Waals surface area contributed by atoms with Crippen molar-refractivity contribution in [3.8, 4) is 0 Å². The summed E-state index contributed by atoms with van der Waals surface area (Å²) in [6.07, 6.45) is 0. The van der Waals surface area contributed by atoms with Crippen LogP contribution in [0.25, 0.3) is 0 Å². The number of rotatable bonds is 6. The van der Waals surface area contributed by atoms with E-state index < -0.39 is 12.0 Å². The maximum Gasteiger partial charge on any atom is 0.330 e. The van der Waals surface area contributed by atoms with Gasteiger partial charge in [0.05, 0.1) is 5.75 Å². The van der Waals surface area contributed by atoms with Gasteiger partial charge in [-0.1, -0.05) is 44.2 Å². The number of hydrogen-bond acceptors (Lipinski definition) is 3. The van der Waals surface area contributed by atoms with Crippen LogP contribution in [0.15, 0.2) is 30.3 Å². The first-order chi connectivity index (χ1) is 8.50. The summed E-state index contributed by atoms with van der Waals surface area (Å²) in [5, 5.41) is 12.0. The Hall–Kier alpha value is -1.49. The van der Waals surface area contributed by atoms with Crippen molar-refractivity contribution in [2.45, 2.75) is 25.1 Å². The van der Waals surface area contributed by atoms with Crippen molar-refractivity contribution in [3.63, 3.8) is 0 Å². The van der Waals surface area contributed by atoms with Crippen LogP contribution in [0, 0.1) is 0 Å². The summed E-state index contributed by atoms with van der Waals surface area (Å²) in [6.45, 7) is 3.98. The second-order valence-corrected chi connectivity index (χ2v) is 5.67. The van der Waals surface area contributed by atoms with Gasteiger partial charge < -0.3 is 10.4 Å². The predicted octanol–water partition coefficient (Wildman–Crippen LogP) is 2.07. The highest BCUT2D eigenvalue weighted by Gasteiger charge is 2.21.